The van der Waals surface area contributed by atoms with Gasteiger partial charge in [-0.3, -0.25) is 4.79 Å². The third-order valence-electron chi connectivity index (χ3n) is 5.69. The van der Waals surface area contributed by atoms with E-state index in [0.29, 0.717) is 13.1 Å². The van der Waals surface area contributed by atoms with Crippen molar-refractivity contribution in [2.45, 2.75) is 56.7 Å². The number of aromatic nitrogens is 1. The number of thioether (sulfide) groups is 1. The molecule has 0 bridgehead atoms. The molecular formula is C23H27FN2OS. The van der Waals surface area contributed by atoms with Gasteiger partial charge < -0.3 is 9.47 Å². The zero-order valence-electron chi connectivity index (χ0n) is 16.8. The van der Waals surface area contributed by atoms with E-state index in [9.17, 15) is 9.18 Å². The average molecular weight is 399 g/mol. The molecule has 1 aromatic carbocycles. The fraction of sp³-hybridized carbons (Fsp3) is 0.435. The summed E-state index contributed by atoms with van der Waals surface area (Å²) >= 11 is 1.51. The maximum absolute atomic E-state index is 14.0. The molecule has 3 nitrogen and oxygen atoms in total. The molecule has 0 spiro atoms. The van der Waals surface area contributed by atoms with Crippen LogP contribution in [0, 0.1) is 5.82 Å². The molecule has 0 saturated heterocycles. The molecule has 2 heterocycles. The van der Waals surface area contributed by atoms with Crippen molar-refractivity contribution in [1.29, 1.82) is 0 Å². The summed E-state index contributed by atoms with van der Waals surface area (Å²) in [5, 5.41) is 2.12. The Bertz CT molecular complexity index is 1040. The summed E-state index contributed by atoms with van der Waals surface area (Å²) in [6, 6.07) is 5.00. The first-order chi connectivity index (χ1) is 13.6. The van der Waals surface area contributed by atoms with E-state index in [-0.39, 0.29) is 17.0 Å². The number of halogens is 1. The highest BCUT2D eigenvalue weighted by Crippen LogP contribution is 2.48. The smallest absolute Gasteiger partial charge is 0.240 e. The molecule has 5 heteroatoms. The Labute approximate surface area is 169 Å². The molecule has 0 saturated carbocycles. The fourth-order valence-corrected chi connectivity index (χ4v) is 5.75. The second-order valence-electron chi connectivity index (χ2n) is 7.35. The zero-order valence-corrected chi connectivity index (χ0v) is 17.6. The second kappa shape index (κ2) is 7.78. The lowest BCUT2D eigenvalue weighted by atomic mass is 10.00. The van der Waals surface area contributed by atoms with Gasteiger partial charge in [0.05, 0.1) is 5.69 Å². The Morgan fingerprint density at radius 3 is 2.68 bits per heavy atom. The number of rotatable bonds is 5. The largest absolute Gasteiger partial charge is 0.342 e. The Hall–Kier alpha value is -2.01. The number of carbonyl (C=O) groups is 1. The molecule has 1 aliphatic heterocycles. The zero-order chi connectivity index (χ0) is 19.8. The van der Waals surface area contributed by atoms with Crippen molar-refractivity contribution in [3.05, 3.63) is 40.1 Å². The SMILES string of the molecule is CCCn1c2c(c3c1=CCCC=3)C(C(=O)N(CC)CC)Sc1cc(F)ccc1-2. The molecule has 1 aromatic heterocycles. The minimum absolute atomic E-state index is 0.126. The summed E-state index contributed by atoms with van der Waals surface area (Å²) in [5.74, 6) is -0.123. The van der Waals surface area contributed by atoms with Gasteiger partial charge in [0.25, 0.3) is 0 Å². The van der Waals surface area contributed by atoms with Gasteiger partial charge >= 0.3 is 0 Å². The van der Waals surface area contributed by atoms with Crippen LogP contribution >= 0.6 is 11.8 Å². The molecule has 0 radical (unpaired) electrons. The van der Waals surface area contributed by atoms with E-state index in [0.717, 1.165) is 47.5 Å². The first kappa shape index (κ1) is 19.3. The molecule has 4 rings (SSSR count). The van der Waals surface area contributed by atoms with Crippen LogP contribution < -0.4 is 10.6 Å². The lowest BCUT2D eigenvalue weighted by Crippen LogP contribution is -2.37. The minimum Gasteiger partial charge on any atom is -0.342 e. The number of nitrogens with zero attached hydrogens (tertiary/aromatic N) is 2. The number of hydrogen-bond donors (Lipinski definition) is 0. The quantitative estimate of drug-likeness (QED) is 0.758. The lowest BCUT2D eigenvalue weighted by molar-refractivity contribution is -0.130. The van der Waals surface area contributed by atoms with E-state index < -0.39 is 0 Å². The van der Waals surface area contributed by atoms with Gasteiger partial charge in [-0.05, 0) is 51.3 Å². The Balaban J connectivity index is 2.03. The van der Waals surface area contributed by atoms with Crippen LogP contribution in [-0.2, 0) is 11.3 Å². The standard InChI is InChI=1S/C23H27FN2OS/c1-4-13-26-18-10-8-7-9-16(18)20-21(26)17-12-11-15(24)14-19(17)28-22(20)23(27)25(5-2)6-3/h9-12,14,22H,4-8,13H2,1-3H3. The number of hydrogen-bond acceptors (Lipinski definition) is 2. The first-order valence-electron chi connectivity index (χ1n) is 10.3. The van der Waals surface area contributed by atoms with Crippen molar-refractivity contribution >= 4 is 29.8 Å². The summed E-state index contributed by atoms with van der Waals surface area (Å²) in [6.45, 7) is 8.47. The van der Waals surface area contributed by atoms with E-state index in [1.165, 1.54) is 28.4 Å². The van der Waals surface area contributed by atoms with Crippen LogP contribution in [-0.4, -0.2) is 28.5 Å². The normalized spacial score (nSPS) is 17.1. The van der Waals surface area contributed by atoms with E-state index in [1.54, 1.807) is 6.07 Å². The summed E-state index contributed by atoms with van der Waals surface area (Å²) in [5.41, 5.74) is 3.29. The Kier molecular flexibility index (Phi) is 5.37. The van der Waals surface area contributed by atoms with Crippen molar-refractivity contribution in [2.75, 3.05) is 13.1 Å². The van der Waals surface area contributed by atoms with Gasteiger partial charge in [-0.15, -0.1) is 11.8 Å². The summed E-state index contributed by atoms with van der Waals surface area (Å²) < 4.78 is 16.4. The third kappa shape index (κ3) is 3.00. The van der Waals surface area contributed by atoms with Crippen LogP contribution in [0.5, 0.6) is 0 Å². The van der Waals surface area contributed by atoms with Gasteiger partial charge in [0.1, 0.15) is 11.1 Å². The van der Waals surface area contributed by atoms with Gasteiger partial charge in [-0.25, -0.2) is 4.39 Å². The highest BCUT2D eigenvalue weighted by molar-refractivity contribution is 8.00. The van der Waals surface area contributed by atoms with Crippen LogP contribution in [0.1, 0.15) is 50.8 Å². The van der Waals surface area contributed by atoms with Crippen molar-refractivity contribution in [3.63, 3.8) is 0 Å². The van der Waals surface area contributed by atoms with Crippen LogP contribution in [0.3, 0.4) is 0 Å². The molecule has 1 unspecified atom stereocenters. The van der Waals surface area contributed by atoms with Gasteiger partial charge in [0, 0.05) is 46.2 Å². The van der Waals surface area contributed by atoms with E-state index >= 15 is 0 Å². The van der Waals surface area contributed by atoms with Gasteiger partial charge in [-0.2, -0.15) is 0 Å². The monoisotopic (exact) mass is 398 g/mol. The van der Waals surface area contributed by atoms with E-state index in [4.69, 9.17) is 0 Å². The molecule has 148 valence electrons. The minimum atomic E-state index is -0.321. The van der Waals surface area contributed by atoms with Crippen LogP contribution in [0.25, 0.3) is 23.4 Å². The van der Waals surface area contributed by atoms with Crippen molar-refractivity contribution < 1.29 is 9.18 Å². The highest BCUT2D eigenvalue weighted by atomic mass is 32.2. The van der Waals surface area contributed by atoms with Gasteiger partial charge in [0.2, 0.25) is 5.91 Å². The fourth-order valence-electron chi connectivity index (χ4n) is 4.42. The summed E-state index contributed by atoms with van der Waals surface area (Å²) in [6.07, 6.45) is 7.63. The Morgan fingerprint density at radius 1 is 1.21 bits per heavy atom. The molecule has 2 aromatic rings. The number of likely N-dealkylation sites (N-methyl/N-ethyl adjacent to an activating group) is 1. The van der Waals surface area contributed by atoms with Crippen LogP contribution in [0.4, 0.5) is 4.39 Å². The second-order valence-corrected chi connectivity index (χ2v) is 8.49. The molecule has 0 N–H and O–H groups in total. The van der Waals surface area contributed by atoms with Crippen molar-refractivity contribution in [3.8, 4) is 11.3 Å². The molecule has 1 atom stereocenters. The maximum atomic E-state index is 14.0. The van der Waals surface area contributed by atoms with E-state index in [2.05, 4.69) is 23.6 Å². The summed E-state index contributed by atoms with van der Waals surface area (Å²) in [4.78, 5) is 16.2. The molecular weight excluding hydrogens is 371 g/mol. The predicted molar refractivity (Wildman–Crippen MR) is 114 cm³/mol. The number of carbonyl (C=O) groups excluding carboxylic acids is 1. The average Bonchev–Trinajstić information content (AvgIpc) is 3.03. The topological polar surface area (TPSA) is 25.2 Å². The lowest BCUT2D eigenvalue weighted by Gasteiger charge is -2.30. The number of benzene rings is 1. The van der Waals surface area contributed by atoms with Crippen LogP contribution in [0.2, 0.25) is 0 Å². The van der Waals surface area contributed by atoms with Crippen molar-refractivity contribution in [2.24, 2.45) is 0 Å². The molecule has 0 fully saturated rings. The van der Waals surface area contributed by atoms with Crippen molar-refractivity contribution in [1.82, 2.24) is 9.47 Å². The highest BCUT2D eigenvalue weighted by Gasteiger charge is 2.36. The molecule has 1 amide bonds. The van der Waals surface area contributed by atoms with E-state index in [1.807, 2.05) is 24.8 Å². The van der Waals surface area contributed by atoms with Gasteiger partial charge in [-0.1, -0.05) is 19.1 Å². The van der Waals surface area contributed by atoms with Crippen LogP contribution in [0.15, 0.2) is 23.1 Å². The van der Waals surface area contributed by atoms with Gasteiger partial charge in [0.15, 0.2) is 0 Å². The number of amides is 1. The molecule has 28 heavy (non-hydrogen) atoms. The molecule has 2 aliphatic rings. The Morgan fingerprint density at radius 2 is 1.96 bits per heavy atom. The third-order valence-corrected chi connectivity index (χ3v) is 6.95. The first-order valence-corrected chi connectivity index (χ1v) is 11.2. The summed E-state index contributed by atoms with van der Waals surface area (Å²) in [7, 11) is 0. The predicted octanol–water partition coefficient (Wildman–Crippen LogP) is 4.07. The molecule has 1 aliphatic carbocycles. The number of fused-ring (bicyclic) bond motifs is 5. The maximum Gasteiger partial charge on any atom is 0.240 e.